The Balaban J connectivity index is 1.30. The van der Waals surface area contributed by atoms with Gasteiger partial charge in [-0.1, -0.05) is 12.1 Å². The normalized spacial score (nSPS) is 22.4. The lowest BCUT2D eigenvalue weighted by Gasteiger charge is -2.24. The van der Waals surface area contributed by atoms with Crippen molar-refractivity contribution in [1.29, 1.82) is 0 Å². The van der Waals surface area contributed by atoms with E-state index < -0.39 is 0 Å². The minimum Gasteiger partial charge on any atom is -0.376 e. The maximum atomic E-state index is 12.8. The first-order chi connectivity index (χ1) is 13.8. The van der Waals surface area contributed by atoms with Crippen molar-refractivity contribution >= 4 is 23.1 Å². The number of thiophene rings is 1. The van der Waals surface area contributed by atoms with E-state index in [0.29, 0.717) is 13.2 Å². The summed E-state index contributed by atoms with van der Waals surface area (Å²) in [7, 11) is 0. The van der Waals surface area contributed by atoms with Crippen molar-refractivity contribution in [2.45, 2.75) is 50.9 Å². The molecule has 1 N–H and O–H groups in total. The maximum absolute atomic E-state index is 12.8. The van der Waals surface area contributed by atoms with Crippen molar-refractivity contribution in [3.8, 4) is 0 Å². The van der Waals surface area contributed by atoms with Crippen LogP contribution >= 0.6 is 11.3 Å². The predicted molar refractivity (Wildman–Crippen MR) is 112 cm³/mol. The molecule has 0 bridgehead atoms. The van der Waals surface area contributed by atoms with E-state index in [4.69, 9.17) is 9.47 Å². The molecular weight excluding hydrogens is 372 g/mol. The molecule has 0 unspecified atom stereocenters. The average molecular weight is 401 g/mol. The number of nitrogens with zero attached hydrogens (tertiary/aromatic N) is 1. The van der Waals surface area contributed by atoms with Crippen LogP contribution in [0.25, 0.3) is 0 Å². The van der Waals surface area contributed by atoms with Gasteiger partial charge in [0, 0.05) is 18.8 Å². The van der Waals surface area contributed by atoms with Crippen LogP contribution in [-0.4, -0.2) is 36.8 Å². The summed E-state index contributed by atoms with van der Waals surface area (Å²) in [5, 5.41) is 7.28. The molecule has 2 saturated heterocycles. The van der Waals surface area contributed by atoms with Gasteiger partial charge in [0.25, 0.3) is 0 Å². The molecule has 1 aromatic heterocycles. The largest absolute Gasteiger partial charge is 0.376 e. The Bertz CT molecular complexity index is 759. The highest BCUT2D eigenvalue weighted by Gasteiger charge is 2.30. The van der Waals surface area contributed by atoms with Crippen molar-refractivity contribution in [1.82, 2.24) is 4.90 Å². The summed E-state index contributed by atoms with van der Waals surface area (Å²) in [5.41, 5.74) is 3.12. The van der Waals surface area contributed by atoms with Crippen molar-refractivity contribution < 1.29 is 14.3 Å². The monoisotopic (exact) mass is 400 g/mol. The number of hydrogen-bond acceptors (Lipinski definition) is 4. The highest BCUT2D eigenvalue weighted by Crippen LogP contribution is 2.33. The Labute approximate surface area is 170 Å². The maximum Gasteiger partial charge on any atom is 0.322 e. The number of rotatable bonds is 6. The zero-order valence-electron chi connectivity index (χ0n) is 16.1. The smallest absolute Gasteiger partial charge is 0.322 e. The first kappa shape index (κ1) is 19.4. The predicted octanol–water partition coefficient (Wildman–Crippen LogP) is 5.20. The molecule has 0 aliphatic carbocycles. The van der Waals surface area contributed by atoms with E-state index in [2.05, 4.69) is 22.1 Å². The minimum absolute atomic E-state index is 0.0256. The van der Waals surface area contributed by atoms with E-state index in [-0.39, 0.29) is 18.2 Å². The van der Waals surface area contributed by atoms with Gasteiger partial charge in [-0.2, -0.15) is 11.3 Å². The Morgan fingerprint density at radius 1 is 1.25 bits per heavy atom. The lowest BCUT2D eigenvalue weighted by atomic mass is 10.1. The van der Waals surface area contributed by atoms with E-state index >= 15 is 0 Å². The quantitative estimate of drug-likeness (QED) is 0.725. The molecule has 1 aromatic carbocycles. The molecule has 4 rings (SSSR count). The Morgan fingerprint density at radius 2 is 2.21 bits per heavy atom. The summed E-state index contributed by atoms with van der Waals surface area (Å²) in [6, 6.07) is 10.2. The fourth-order valence-electron chi connectivity index (χ4n) is 4.00. The number of carbonyl (C=O) groups excluding carboxylic acids is 1. The van der Waals surface area contributed by atoms with Crippen LogP contribution in [-0.2, 0) is 16.1 Å². The van der Waals surface area contributed by atoms with Crippen molar-refractivity contribution in [3.05, 3.63) is 52.2 Å². The van der Waals surface area contributed by atoms with E-state index in [1.165, 1.54) is 12.0 Å². The molecule has 2 fully saturated rings. The summed E-state index contributed by atoms with van der Waals surface area (Å²) < 4.78 is 11.5. The lowest BCUT2D eigenvalue weighted by Crippen LogP contribution is -2.34. The van der Waals surface area contributed by atoms with Crippen molar-refractivity contribution in [3.63, 3.8) is 0 Å². The topological polar surface area (TPSA) is 50.8 Å². The van der Waals surface area contributed by atoms with Gasteiger partial charge >= 0.3 is 6.03 Å². The molecule has 5 nitrogen and oxygen atoms in total. The molecule has 2 amide bonds. The van der Waals surface area contributed by atoms with Gasteiger partial charge < -0.3 is 19.7 Å². The molecule has 2 aliphatic heterocycles. The Morgan fingerprint density at radius 3 is 3.04 bits per heavy atom. The number of carbonyl (C=O) groups is 1. The van der Waals surface area contributed by atoms with Crippen molar-refractivity contribution in [2.75, 3.05) is 25.1 Å². The molecule has 3 heterocycles. The summed E-state index contributed by atoms with van der Waals surface area (Å²) >= 11 is 1.68. The second-order valence-electron chi connectivity index (χ2n) is 7.54. The van der Waals surface area contributed by atoms with E-state index in [0.717, 1.165) is 50.1 Å². The van der Waals surface area contributed by atoms with Gasteiger partial charge in [-0.05, 0) is 72.2 Å². The number of anilines is 1. The first-order valence-corrected chi connectivity index (χ1v) is 11.1. The van der Waals surface area contributed by atoms with E-state index in [9.17, 15) is 4.79 Å². The fourth-order valence-corrected chi connectivity index (χ4v) is 4.71. The number of hydrogen-bond donors (Lipinski definition) is 1. The number of amides is 2. The summed E-state index contributed by atoms with van der Waals surface area (Å²) in [4.78, 5) is 14.8. The summed E-state index contributed by atoms with van der Waals surface area (Å²) in [6.45, 7) is 2.81. The second-order valence-corrected chi connectivity index (χ2v) is 8.32. The third-order valence-corrected chi connectivity index (χ3v) is 6.17. The van der Waals surface area contributed by atoms with E-state index in [1.807, 2.05) is 29.2 Å². The van der Waals surface area contributed by atoms with Crippen LogP contribution in [0.15, 0.2) is 41.1 Å². The number of benzene rings is 1. The number of nitrogens with one attached hydrogen (secondary N) is 1. The van der Waals surface area contributed by atoms with Crippen LogP contribution in [0.4, 0.5) is 10.5 Å². The van der Waals surface area contributed by atoms with Crippen molar-refractivity contribution in [2.24, 2.45) is 0 Å². The van der Waals surface area contributed by atoms with Gasteiger partial charge in [0.2, 0.25) is 0 Å². The standard InChI is InChI=1S/C22H28N2O3S/c25-22(24-10-4-8-21(24)18-9-12-28-16-18)23-19-6-3-5-17(13-19)14-26-15-20-7-1-2-11-27-20/h3,5-6,9,12-13,16,20-21H,1-2,4,7-8,10-11,14-15H2,(H,23,25)/t20-,21-/m0/s1. The molecule has 0 spiro atoms. The first-order valence-electron chi connectivity index (χ1n) is 10.2. The van der Waals surface area contributed by atoms with Gasteiger partial charge in [-0.15, -0.1) is 0 Å². The fraction of sp³-hybridized carbons (Fsp3) is 0.500. The number of likely N-dealkylation sites (tertiary alicyclic amines) is 1. The van der Waals surface area contributed by atoms with Crippen LogP contribution in [0.3, 0.4) is 0 Å². The molecule has 6 heteroatoms. The molecule has 2 aromatic rings. The number of ether oxygens (including phenoxy) is 2. The lowest BCUT2D eigenvalue weighted by molar-refractivity contribution is -0.0447. The Hall–Kier alpha value is -1.89. The van der Waals surface area contributed by atoms with Crippen LogP contribution in [0, 0.1) is 0 Å². The van der Waals surface area contributed by atoms with Gasteiger partial charge in [0.15, 0.2) is 0 Å². The molecule has 0 saturated carbocycles. The third-order valence-electron chi connectivity index (χ3n) is 5.47. The van der Waals surface area contributed by atoms with Crippen LogP contribution in [0.2, 0.25) is 0 Å². The molecule has 2 atom stereocenters. The zero-order chi connectivity index (χ0) is 19.2. The SMILES string of the molecule is O=C(Nc1cccc(COC[C@@H]2CCCCO2)c1)N1CCC[C@H]1c1ccsc1. The van der Waals surface area contributed by atoms with Crippen LogP contribution in [0.1, 0.15) is 49.3 Å². The second kappa shape index (κ2) is 9.54. The number of urea groups is 1. The molecule has 150 valence electrons. The Kier molecular flexibility index (Phi) is 6.62. The van der Waals surface area contributed by atoms with Crippen LogP contribution < -0.4 is 5.32 Å². The molecule has 0 radical (unpaired) electrons. The molecule has 2 aliphatic rings. The highest BCUT2D eigenvalue weighted by molar-refractivity contribution is 7.08. The van der Waals surface area contributed by atoms with Gasteiger partial charge in [-0.25, -0.2) is 4.79 Å². The third kappa shape index (κ3) is 4.93. The van der Waals surface area contributed by atoms with Gasteiger partial charge in [0.1, 0.15) is 0 Å². The minimum atomic E-state index is -0.0256. The molecule has 28 heavy (non-hydrogen) atoms. The average Bonchev–Trinajstić information content (AvgIpc) is 3.41. The van der Waals surface area contributed by atoms with Gasteiger partial charge in [0.05, 0.1) is 25.4 Å². The molecular formula is C22H28N2O3S. The summed E-state index contributed by atoms with van der Waals surface area (Å²) in [6.07, 6.45) is 5.76. The van der Waals surface area contributed by atoms with Gasteiger partial charge in [-0.3, -0.25) is 0 Å². The highest BCUT2D eigenvalue weighted by atomic mass is 32.1. The zero-order valence-corrected chi connectivity index (χ0v) is 17.0. The van der Waals surface area contributed by atoms with E-state index in [1.54, 1.807) is 11.3 Å². The van der Waals surface area contributed by atoms with Crippen LogP contribution in [0.5, 0.6) is 0 Å². The summed E-state index contributed by atoms with van der Waals surface area (Å²) in [5.74, 6) is 0.